The van der Waals surface area contributed by atoms with Crippen LogP contribution in [-0.4, -0.2) is 10.6 Å². The molecule has 0 amide bonds. The van der Waals surface area contributed by atoms with Crippen LogP contribution >= 0.6 is 0 Å². The maximum atomic E-state index is 8.82. The number of nitrogens with zero attached hydrogens (tertiary/aromatic N) is 2. The minimum atomic E-state index is -0.243. The number of hydrogen-bond donors (Lipinski definition) is 0. The number of nitriles is 1. The highest BCUT2D eigenvalue weighted by molar-refractivity contribution is 5.40. The van der Waals surface area contributed by atoms with E-state index in [2.05, 4.69) is 11.1 Å². The third-order valence-electron chi connectivity index (χ3n) is 2.14. The lowest BCUT2D eigenvalue weighted by Gasteiger charge is -2.25. The molecule has 0 aliphatic rings. The molecule has 0 radical (unpaired) electrons. The summed E-state index contributed by atoms with van der Waals surface area (Å²) in [5, 5.41) is 8.82. The predicted octanol–water partition coefficient (Wildman–Crippen LogP) is 2.52. The fourth-order valence-corrected chi connectivity index (χ4v) is 0.924. The van der Waals surface area contributed by atoms with Crippen LogP contribution in [0, 0.1) is 11.3 Å². The zero-order chi connectivity index (χ0) is 10.6. The lowest BCUT2D eigenvalue weighted by Crippen LogP contribution is -2.27. The van der Waals surface area contributed by atoms with Crippen molar-refractivity contribution >= 4 is 0 Å². The van der Waals surface area contributed by atoms with Gasteiger partial charge in [-0.25, -0.2) is 0 Å². The Morgan fingerprint density at radius 1 is 1.57 bits per heavy atom. The zero-order valence-electron chi connectivity index (χ0n) is 8.74. The molecule has 1 rings (SSSR count). The second kappa shape index (κ2) is 4.10. The molecule has 1 aromatic heterocycles. The van der Waals surface area contributed by atoms with E-state index in [1.54, 1.807) is 12.3 Å². The summed E-state index contributed by atoms with van der Waals surface area (Å²) < 4.78 is 5.71. The first kappa shape index (κ1) is 10.5. The Morgan fingerprint density at radius 3 is 2.86 bits per heavy atom. The van der Waals surface area contributed by atoms with Gasteiger partial charge >= 0.3 is 0 Å². The van der Waals surface area contributed by atoms with Crippen molar-refractivity contribution in [1.29, 1.82) is 5.26 Å². The molecule has 1 heterocycles. The molecule has 0 atom stereocenters. The molecule has 0 saturated heterocycles. The van der Waals surface area contributed by atoms with Crippen LogP contribution in [0.15, 0.2) is 18.5 Å². The Morgan fingerprint density at radius 2 is 2.29 bits per heavy atom. The topological polar surface area (TPSA) is 45.9 Å². The van der Waals surface area contributed by atoms with Gasteiger partial charge in [-0.1, -0.05) is 6.92 Å². The minimum absolute atomic E-state index is 0.243. The van der Waals surface area contributed by atoms with Crippen LogP contribution in [-0.2, 0) is 0 Å². The van der Waals surface area contributed by atoms with Crippen LogP contribution in [0.25, 0.3) is 0 Å². The molecule has 0 saturated carbocycles. The second-order valence-electron chi connectivity index (χ2n) is 3.70. The summed E-state index contributed by atoms with van der Waals surface area (Å²) in [6.45, 7) is 6.04. The molecule has 1 aromatic rings. The second-order valence-corrected chi connectivity index (χ2v) is 3.70. The fourth-order valence-electron chi connectivity index (χ4n) is 0.924. The van der Waals surface area contributed by atoms with Gasteiger partial charge < -0.3 is 4.74 Å². The highest BCUT2D eigenvalue weighted by atomic mass is 16.5. The van der Waals surface area contributed by atoms with E-state index in [0.717, 1.165) is 6.42 Å². The van der Waals surface area contributed by atoms with Crippen molar-refractivity contribution in [1.82, 2.24) is 4.98 Å². The summed E-state index contributed by atoms with van der Waals surface area (Å²) in [4.78, 5) is 3.87. The number of pyridine rings is 1. The predicted molar refractivity (Wildman–Crippen MR) is 54.0 cm³/mol. The van der Waals surface area contributed by atoms with E-state index in [-0.39, 0.29) is 5.60 Å². The smallest absolute Gasteiger partial charge is 0.140 e. The molecule has 0 fully saturated rings. The summed E-state index contributed by atoms with van der Waals surface area (Å²) >= 11 is 0. The van der Waals surface area contributed by atoms with E-state index in [0.29, 0.717) is 11.3 Å². The Balaban J connectivity index is 2.92. The average molecular weight is 190 g/mol. The van der Waals surface area contributed by atoms with Gasteiger partial charge in [0.05, 0.1) is 0 Å². The quantitative estimate of drug-likeness (QED) is 0.735. The Kier molecular flexibility index (Phi) is 3.08. The van der Waals surface area contributed by atoms with Crippen LogP contribution in [0.5, 0.6) is 5.75 Å². The highest BCUT2D eigenvalue weighted by Crippen LogP contribution is 2.23. The van der Waals surface area contributed by atoms with Gasteiger partial charge in [0.15, 0.2) is 0 Å². The van der Waals surface area contributed by atoms with Crippen molar-refractivity contribution in [3.63, 3.8) is 0 Å². The number of rotatable bonds is 3. The number of aromatic nitrogens is 1. The van der Waals surface area contributed by atoms with Gasteiger partial charge in [0.2, 0.25) is 0 Å². The third kappa shape index (κ3) is 2.46. The van der Waals surface area contributed by atoms with Crippen LogP contribution in [0.4, 0.5) is 0 Å². The van der Waals surface area contributed by atoms with Gasteiger partial charge in [0.25, 0.3) is 0 Å². The van der Waals surface area contributed by atoms with Crippen molar-refractivity contribution < 1.29 is 4.74 Å². The van der Waals surface area contributed by atoms with Crippen molar-refractivity contribution in [2.75, 3.05) is 0 Å². The molecule has 0 spiro atoms. The maximum Gasteiger partial charge on any atom is 0.140 e. The largest absolute Gasteiger partial charge is 0.486 e. The average Bonchev–Trinajstić information content (AvgIpc) is 2.18. The first-order chi connectivity index (χ1) is 6.59. The summed E-state index contributed by atoms with van der Waals surface area (Å²) in [5.74, 6) is 0.606. The van der Waals surface area contributed by atoms with Crippen molar-refractivity contribution in [2.24, 2.45) is 0 Å². The van der Waals surface area contributed by atoms with Crippen LogP contribution < -0.4 is 4.74 Å². The first-order valence-electron chi connectivity index (χ1n) is 4.62. The fraction of sp³-hybridized carbons (Fsp3) is 0.455. The van der Waals surface area contributed by atoms with Gasteiger partial charge in [-0.3, -0.25) is 4.98 Å². The standard InChI is InChI=1S/C11H14N2O/c1-4-11(2,3)14-10-5-6-13-8-9(10)7-12/h5-6,8H,4H2,1-3H3. The Labute approximate surface area is 84.3 Å². The maximum absolute atomic E-state index is 8.82. The molecule has 0 aliphatic carbocycles. The van der Waals surface area contributed by atoms with Crippen LogP contribution in [0.2, 0.25) is 0 Å². The molecule has 0 N–H and O–H groups in total. The monoisotopic (exact) mass is 190 g/mol. The molecule has 0 bridgehead atoms. The van der Waals surface area contributed by atoms with E-state index in [1.165, 1.54) is 6.20 Å². The van der Waals surface area contributed by atoms with Crippen LogP contribution in [0.3, 0.4) is 0 Å². The van der Waals surface area contributed by atoms with Gasteiger partial charge in [0, 0.05) is 12.4 Å². The zero-order valence-corrected chi connectivity index (χ0v) is 8.74. The summed E-state index contributed by atoms with van der Waals surface area (Å²) in [7, 11) is 0. The molecule has 3 nitrogen and oxygen atoms in total. The molecule has 0 unspecified atom stereocenters. The summed E-state index contributed by atoms with van der Waals surface area (Å²) in [5.41, 5.74) is 0.237. The number of ether oxygens (including phenoxy) is 1. The van der Waals surface area contributed by atoms with E-state index in [4.69, 9.17) is 10.00 Å². The van der Waals surface area contributed by atoms with E-state index >= 15 is 0 Å². The molecular formula is C11H14N2O. The molecule has 74 valence electrons. The number of hydrogen-bond acceptors (Lipinski definition) is 3. The summed E-state index contributed by atoms with van der Waals surface area (Å²) in [6.07, 6.45) is 4.03. The Bertz CT molecular complexity index is 353. The highest BCUT2D eigenvalue weighted by Gasteiger charge is 2.18. The van der Waals surface area contributed by atoms with Gasteiger partial charge in [-0.2, -0.15) is 5.26 Å². The van der Waals surface area contributed by atoms with Crippen molar-refractivity contribution in [3.05, 3.63) is 24.0 Å². The molecule has 3 heteroatoms. The van der Waals surface area contributed by atoms with Gasteiger partial charge in [-0.15, -0.1) is 0 Å². The van der Waals surface area contributed by atoms with Crippen molar-refractivity contribution in [2.45, 2.75) is 32.8 Å². The molecule has 14 heavy (non-hydrogen) atoms. The molecule has 0 aromatic carbocycles. The lowest BCUT2D eigenvalue weighted by atomic mass is 10.1. The lowest BCUT2D eigenvalue weighted by molar-refractivity contribution is 0.105. The Hall–Kier alpha value is -1.56. The van der Waals surface area contributed by atoms with E-state index < -0.39 is 0 Å². The molecular weight excluding hydrogens is 176 g/mol. The van der Waals surface area contributed by atoms with Gasteiger partial charge in [0.1, 0.15) is 23.0 Å². The minimum Gasteiger partial charge on any atom is -0.486 e. The summed E-state index contributed by atoms with van der Waals surface area (Å²) in [6, 6.07) is 3.77. The van der Waals surface area contributed by atoms with Crippen molar-refractivity contribution in [3.8, 4) is 11.8 Å². The SMILES string of the molecule is CCC(C)(C)Oc1ccncc1C#N. The van der Waals surface area contributed by atoms with E-state index in [1.807, 2.05) is 20.8 Å². The normalized spacial score (nSPS) is 10.7. The third-order valence-corrected chi connectivity index (χ3v) is 2.14. The van der Waals surface area contributed by atoms with Gasteiger partial charge in [-0.05, 0) is 26.3 Å². The van der Waals surface area contributed by atoms with E-state index in [9.17, 15) is 0 Å². The molecule has 0 aliphatic heterocycles. The van der Waals surface area contributed by atoms with Crippen LogP contribution in [0.1, 0.15) is 32.8 Å². The first-order valence-corrected chi connectivity index (χ1v) is 4.62.